The van der Waals surface area contributed by atoms with Crippen LogP contribution in [0.5, 0.6) is 5.75 Å². The highest BCUT2D eigenvalue weighted by Gasteiger charge is 2.58. The molecule has 0 bridgehead atoms. The number of non-ortho nitro benzene ring substituents is 1. The van der Waals surface area contributed by atoms with Gasteiger partial charge in [-0.1, -0.05) is 47.6 Å². The molecule has 4 N–H and O–H groups in total. The van der Waals surface area contributed by atoms with Crippen molar-refractivity contribution in [3.05, 3.63) is 46.3 Å². The topological polar surface area (TPSA) is 280 Å². The van der Waals surface area contributed by atoms with Crippen LogP contribution in [0.3, 0.4) is 0 Å². The molecule has 59 heavy (non-hydrogen) atoms. The fourth-order valence-electron chi connectivity index (χ4n) is 6.30. The second kappa shape index (κ2) is 21.9. The third-order valence-electron chi connectivity index (χ3n) is 10.3. The van der Waals surface area contributed by atoms with Crippen molar-refractivity contribution in [2.75, 3.05) is 45.0 Å². The van der Waals surface area contributed by atoms with Gasteiger partial charge in [-0.3, -0.25) is 19.7 Å². The van der Waals surface area contributed by atoms with E-state index in [2.05, 4.69) is 10.3 Å². The molecule has 9 atom stereocenters. The van der Waals surface area contributed by atoms with Crippen LogP contribution in [0.15, 0.2) is 30.5 Å². The zero-order valence-electron chi connectivity index (χ0n) is 33.4. The first-order valence-corrected chi connectivity index (χ1v) is 21.0. The lowest BCUT2D eigenvalue weighted by Crippen LogP contribution is -2.64. The molecule has 1 aromatic heterocycles. The third kappa shape index (κ3) is 12.8. The predicted octanol–water partition coefficient (Wildman–Crippen LogP) is 1.66. The number of hydrogen-bond donors (Lipinski definition) is 4. The van der Waals surface area contributed by atoms with Crippen LogP contribution in [0.2, 0.25) is 0 Å². The number of aromatic nitrogens is 3. The Kier molecular flexibility index (Phi) is 17.8. The standard InChI is InChI=1S/C36H52N4O17S2/c1-20-24(17-41)55-33(30(45)28(20)43)57-36(4,5)35(2,3)27-25(56-32(50-6)31(46)29(27)44)19-53-26(42)16-39-15-21(37-38-39)18-51-11-13-58-59-14-12-52-34(47)54-23-9-7-22(8-10-23)40(48)49/h7-10,15,20,24-25,27-28,30-33,41,43,45-46H,11-14,16-19H2,1-6H3. The van der Waals surface area contributed by atoms with Crippen molar-refractivity contribution in [3.8, 4) is 5.75 Å². The average molecular weight is 877 g/mol. The first kappa shape index (κ1) is 48.2. The maximum atomic E-state index is 13.7. The van der Waals surface area contributed by atoms with E-state index >= 15 is 0 Å². The number of rotatable bonds is 21. The molecule has 2 saturated heterocycles. The molecule has 0 aliphatic carbocycles. The Hall–Kier alpha value is -3.49. The molecule has 330 valence electrons. The highest BCUT2D eigenvalue weighted by atomic mass is 33.1. The van der Waals surface area contributed by atoms with Crippen molar-refractivity contribution in [1.29, 1.82) is 0 Å². The summed E-state index contributed by atoms with van der Waals surface area (Å²) in [6.07, 6.45) is -8.45. The number of esters is 1. The summed E-state index contributed by atoms with van der Waals surface area (Å²) in [5.41, 5.74) is -2.18. The Labute approximate surface area is 347 Å². The van der Waals surface area contributed by atoms with E-state index in [4.69, 9.17) is 37.9 Å². The SMILES string of the molecule is COC1OC(COC(=O)Cn2cc(COCCSSCCOC(=O)Oc3ccc([N+](=O)[O-])cc3)nn2)C(C(C)(C)C(C)(C)OC2OC(CO)C(C)C(O)C2O)C(=O)C1O. The van der Waals surface area contributed by atoms with Gasteiger partial charge in [0, 0.05) is 42.1 Å². The van der Waals surface area contributed by atoms with Crippen LogP contribution in [0.4, 0.5) is 10.5 Å². The Morgan fingerprint density at radius 1 is 0.983 bits per heavy atom. The number of nitro groups is 1. The molecule has 23 heteroatoms. The monoisotopic (exact) mass is 876 g/mol. The number of methoxy groups -OCH3 is 1. The lowest BCUT2D eigenvalue weighted by Gasteiger charge is -2.53. The minimum absolute atomic E-state index is 0.0885. The van der Waals surface area contributed by atoms with E-state index in [0.29, 0.717) is 23.8 Å². The molecule has 4 rings (SSSR count). The van der Waals surface area contributed by atoms with E-state index in [-0.39, 0.29) is 31.2 Å². The number of ether oxygens (including phenoxy) is 8. The summed E-state index contributed by atoms with van der Waals surface area (Å²) in [7, 11) is 4.20. The Balaban J connectivity index is 1.20. The Morgan fingerprint density at radius 3 is 2.29 bits per heavy atom. The summed E-state index contributed by atoms with van der Waals surface area (Å²) in [5, 5.41) is 60.6. The maximum absolute atomic E-state index is 13.7. The molecule has 0 amide bonds. The van der Waals surface area contributed by atoms with E-state index < -0.39 is 102 Å². The zero-order valence-corrected chi connectivity index (χ0v) is 35.1. The average Bonchev–Trinajstić information content (AvgIpc) is 3.64. The lowest BCUT2D eigenvalue weighted by molar-refractivity contribution is -0.384. The maximum Gasteiger partial charge on any atom is 0.513 e. The number of carbonyl (C=O) groups is 3. The number of benzene rings is 1. The number of hydrogen-bond acceptors (Lipinski definition) is 21. The molecule has 2 aromatic rings. The molecule has 0 saturated carbocycles. The third-order valence-corrected chi connectivity index (χ3v) is 12.7. The number of carbonyl (C=O) groups excluding carboxylic acids is 3. The first-order chi connectivity index (χ1) is 27.9. The van der Waals surface area contributed by atoms with Crippen LogP contribution >= 0.6 is 21.6 Å². The second-order valence-electron chi connectivity index (χ2n) is 14.8. The second-order valence-corrected chi connectivity index (χ2v) is 17.5. The largest absolute Gasteiger partial charge is 0.513 e. The quantitative estimate of drug-likeness (QED) is 0.0346. The number of ketones is 1. The lowest BCUT2D eigenvalue weighted by atomic mass is 9.62. The summed E-state index contributed by atoms with van der Waals surface area (Å²) < 4.78 is 45.5. The molecule has 2 aliphatic heterocycles. The van der Waals surface area contributed by atoms with Crippen molar-refractivity contribution >= 4 is 45.2 Å². The smallest absolute Gasteiger partial charge is 0.462 e. The number of nitro benzene ring substituents is 1. The van der Waals surface area contributed by atoms with Gasteiger partial charge >= 0.3 is 12.1 Å². The van der Waals surface area contributed by atoms with Crippen molar-refractivity contribution < 1.29 is 77.6 Å². The van der Waals surface area contributed by atoms with Gasteiger partial charge in [0.1, 0.15) is 43.4 Å². The number of nitrogens with zero attached hydrogens (tertiary/aromatic N) is 4. The molecule has 2 aliphatic rings. The summed E-state index contributed by atoms with van der Waals surface area (Å²) >= 11 is 0. The molecule has 21 nitrogen and oxygen atoms in total. The zero-order chi connectivity index (χ0) is 43.5. The number of Topliss-reactive ketones (excluding diaryl/α,β-unsaturated/α-hetero) is 1. The number of aliphatic hydroxyl groups is 4. The normalized spacial score (nSPS) is 26.3. The van der Waals surface area contributed by atoms with Gasteiger partial charge in [-0.05, 0) is 26.0 Å². The summed E-state index contributed by atoms with van der Waals surface area (Å²) in [6, 6.07) is 5.03. The first-order valence-electron chi connectivity index (χ1n) is 18.6. The van der Waals surface area contributed by atoms with E-state index in [9.17, 15) is 44.9 Å². The molecular weight excluding hydrogens is 825 g/mol. The predicted molar refractivity (Wildman–Crippen MR) is 207 cm³/mol. The van der Waals surface area contributed by atoms with E-state index in [1.54, 1.807) is 34.6 Å². The van der Waals surface area contributed by atoms with Gasteiger partial charge in [-0.25, -0.2) is 9.48 Å². The van der Waals surface area contributed by atoms with Crippen LogP contribution in [-0.2, 0) is 55.9 Å². The summed E-state index contributed by atoms with van der Waals surface area (Å²) in [5.74, 6) is -1.88. The summed E-state index contributed by atoms with van der Waals surface area (Å²) in [6.45, 7) is 7.69. The Bertz CT molecular complexity index is 1700. The van der Waals surface area contributed by atoms with Gasteiger partial charge in [0.05, 0.1) is 54.7 Å². The van der Waals surface area contributed by atoms with Crippen molar-refractivity contribution in [2.24, 2.45) is 17.3 Å². The van der Waals surface area contributed by atoms with Crippen molar-refractivity contribution in [2.45, 2.75) is 96.5 Å². The fourth-order valence-corrected chi connectivity index (χ4v) is 7.99. The van der Waals surface area contributed by atoms with E-state index in [1.807, 2.05) is 0 Å². The van der Waals surface area contributed by atoms with Crippen LogP contribution < -0.4 is 4.74 Å². The van der Waals surface area contributed by atoms with Crippen LogP contribution in [-0.4, -0.2) is 152 Å². The van der Waals surface area contributed by atoms with Gasteiger partial charge < -0.3 is 58.3 Å². The van der Waals surface area contributed by atoms with Crippen LogP contribution in [0.25, 0.3) is 0 Å². The molecular formula is C36H52N4O17S2. The van der Waals surface area contributed by atoms with E-state index in [1.165, 1.54) is 63.8 Å². The van der Waals surface area contributed by atoms with Gasteiger partial charge in [-0.2, -0.15) is 0 Å². The minimum atomic E-state index is -1.67. The molecule has 9 unspecified atom stereocenters. The van der Waals surface area contributed by atoms with Crippen molar-refractivity contribution in [3.63, 3.8) is 0 Å². The Morgan fingerprint density at radius 2 is 1.64 bits per heavy atom. The van der Waals surface area contributed by atoms with Gasteiger partial charge in [0.15, 0.2) is 24.5 Å². The molecule has 0 radical (unpaired) electrons. The fraction of sp³-hybridized carbons (Fsp3) is 0.694. The minimum Gasteiger partial charge on any atom is -0.462 e. The molecule has 1 aromatic carbocycles. The van der Waals surface area contributed by atoms with Crippen molar-refractivity contribution in [1.82, 2.24) is 15.0 Å². The van der Waals surface area contributed by atoms with Crippen LogP contribution in [0, 0.1) is 27.4 Å². The van der Waals surface area contributed by atoms with Crippen LogP contribution in [0.1, 0.15) is 40.3 Å². The van der Waals surface area contributed by atoms with Gasteiger partial charge in [0.25, 0.3) is 5.69 Å². The number of aliphatic hydroxyl groups excluding tert-OH is 4. The van der Waals surface area contributed by atoms with Gasteiger partial charge in [0.2, 0.25) is 0 Å². The summed E-state index contributed by atoms with van der Waals surface area (Å²) in [4.78, 5) is 48.6. The highest BCUT2D eigenvalue weighted by molar-refractivity contribution is 8.76. The molecule has 0 spiro atoms. The molecule has 3 heterocycles. The van der Waals surface area contributed by atoms with Gasteiger partial charge in [-0.15, -0.1) is 5.10 Å². The molecule has 2 fully saturated rings. The van der Waals surface area contributed by atoms with E-state index in [0.717, 1.165) is 0 Å². The highest BCUT2D eigenvalue weighted by Crippen LogP contribution is 2.47.